The highest BCUT2D eigenvalue weighted by Crippen LogP contribution is 2.15. The van der Waals surface area contributed by atoms with E-state index in [1.54, 1.807) is 25.3 Å². The monoisotopic (exact) mass is 380 g/mol. The number of aromatic nitrogens is 2. The molecule has 3 aromatic rings. The molecule has 1 N–H and O–H groups in total. The molecule has 0 spiro atoms. The summed E-state index contributed by atoms with van der Waals surface area (Å²) in [6.07, 6.45) is 2.92. The molecule has 0 aliphatic rings. The Morgan fingerprint density at radius 3 is 2.43 bits per heavy atom. The standard InChI is InChI=1S/C21H21FN4O2/c1-28-12-11-26(15-16-7-5-6-10-19(16)22)20(27)17-13-23-21(24-14-17)25-18-8-3-2-4-9-18/h2-10,13-14H,11-12,15H2,1H3,(H,23,24,25). The van der Waals surface area contributed by atoms with Crippen molar-refractivity contribution in [2.24, 2.45) is 0 Å². The molecule has 2 aromatic carbocycles. The van der Waals surface area contributed by atoms with Crippen molar-refractivity contribution in [1.82, 2.24) is 14.9 Å². The van der Waals surface area contributed by atoms with Gasteiger partial charge in [-0.15, -0.1) is 0 Å². The van der Waals surface area contributed by atoms with Gasteiger partial charge >= 0.3 is 0 Å². The molecule has 0 aliphatic heterocycles. The average Bonchev–Trinajstić information content (AvgIpc) is 2.73. The van der Waals surface area contributed by atoms with Crippen LogP contribution < -0.4 is 5.32 Å². The molecule has 28 heavy (non-hydrogen) atoms. The van der Waals surface area contributed by atoms with Crippen molar-refractivity contribution in [3.63, 3.8) is 0 Å². The predicted octanol–water partition coefficient (Wildman–Crippen LogP) is 3.65. The first kappa shape index (κ1) is 19.4. The number of para-hydroxylation sites is 1. The highest BCUT2D eigenvalue weighted by Gasteiger charge is 2.18. The van der Waals surface area contributed by atoms with E-state index in [9.17, 15) is 9.18 Å². The zero-order valence-corrected chi connectivity index (χ0v) is 15.5. The van der Waals surface area contributed by atoms with Crippen molar-refractivity contribution in [2.45, 2.75) is 6.54 Å². The lowest BCUT2D eigenvalue weighted by molar-refractivity contribution is 0.0677. The minimum Gasteiger partial charge on any atom is -0.383 e. The maximum Gasteiger partial charge on any atom is 0.257 e. The second-order valence-corrected chi connectivity index (χ2v) is 6.10. The van der Waals surface area contributed by atoms with Gasteiger partial charge in [0.2, 0.25) is 5.95 Å². The van der Waals surface area contributed by atoms with Crippen LogP contribution in [0.3, 0.4) is 0 Å². The molecule has 0 unspecified atom stereocenters. The minimum absolute atomic E-state index is 0.138. The number of ether oxygens (including phenoxy) is 1. The van der Waals surface area contributed by atoms with E-state index in [1.165, 1.54) is 23.4 Å². The van der Waals surface area contributed by atoms with Gasteiger partial charge in [-0.3, -0.25) is 4.79 Å². The third-order valence-corrected chi connectivity index (χ3v) is 4.10. The summed E-state index contributed by atoms with van der Waals surface area (Å²) in [5.74, 6) is -0.247. The molecule has 1 aromatic heterocycles. The summed E-state index contributed by atoms with van der Waals surface area (Å²) in [6, 6.07) is 15.9. The molecule has 0 aliphatic carbocycles. The van der Waals surface area contributed by atoms with E-state index in [0.717, 1.165) is 5.69 Å². The molecule has 3 rings (SSSR count). The largest absolute Gasteiger partial charge is 0.383 e. The van der Waals surface area contributed by atoms with E-state index < -0.39 is 0 Å². The molecular weight excluding hydrogens is 359 g/mol. The number of rotatable bonds is 8. The Balaban J connectivity index is 1.73. The van der Waals surface area contributed by atoms with Gasteiger partial charge in [-0.2, -0.15) is 0 Å². The van der Waals surface area contributed by atoms with Crippen molar-refractivity contribution < 1.29 is 13.9 Å². The third kappa shape index (κ3) is 5.11. The van der Waals surface area contributed by atoms with Crippen molar-refractivity contribution in [3.05, 3.63) is 83.9 Å². The number of amides is 1. The van der Waals surface area contributed by atoms with Gasteiger partial charge in [-0.05, 0) is 18.2 Å². The molecule has 0 bridgehead atoms. The molecule has 1 heterocycles. The second-order valence-electron chi connectivity index (χ2n) is 6.10. The van der Waals surface area contributed by atoms with E-state index in [2.05, 4.69) is 15.3 Å². The van der Waals surface area contributed by atoms with Gasteiger partial charge in [0.15, 0.2) is 0 Å². The van der Waals surface area contributed by atoms with E-state index in [1.807, 2.05) is 30.3 Å². The third-order valence-electron chi connectivity index (χ3n) is 4.10. The van der Waals surface area contributed by atoms with Crippen LogP contribution in [-0.4, -0.2) is 41.0 Å². The molecule has 1 amide bonds. The van der Waals surface area contributed by atoms with Crippen molar-refractivity contribution >= 4 is 17.5 Å². The summed E-state index contributed by atoms with van der Waals surface area (Å²) < 4.78 is 19.1. The summed E-state index contributed by atoms with van der Waals surface area (Å²) >= 11 is 0. The maximum atomic E-state index is 14.0. The van der Waals surface area contributed by atoms with Crippen LogP contribution in [-0.2, 0) is 11.3 Å². The van der Waals surface area contributed by atoms with Crippen LogP contribution in [0, 0.1) is 5.82 Å². The SMILES string of the molecule is COCCN(Cc1ccccc1F)C(=O)c1cnc(Nc2ccccc2)nc1. The van der Waals surface area contributed by atoms with Crippen molar-refractivity contribution in [1.29, 1.82) is 0 Å². The van der Waals surface area contributed by atoms with Crippen LogP contribution in [0.5, 0.6) is 0 Å². The van der Waals surface area contributed by atoms with Gasteiger partial charge in [0.1, 0.15) is 5.82 Å². The molecule has 144 valence electrons. The van der Waals surface area contributed by atoms with Crippen LogP contribution in [0.2, 0.25) is 0 Å². The molecular formula is C21H21FN4O2. The first-order valence-electron chi connectivity index (χ1n) is 8.83. The number of halogens is 1. The predicted molar refractivity (Wildman–Crippen MR) is 105 cm³/mol. The minimum atomic E-state index is -0.351. The molecule has 0 saturated carbocycles. The van der Waals surface area contributed by atoms with Crippen LogP contribution in [0.1, 0.15) is 15.9 Å². The van der Waals surface area contributed by atoms with Gasteiger partial charge in [0, 0.05) is 43.8 Å². The normalized spacial score (nSPS) is 10.5. The maximum absolute atomic E-state index is 14.0. The molecule has 0 saturated heterocycles. The fourth-order valence-corrected chi connectivity index (χ4v) is 2.62. The van der Waals surface area contributed by atoms with Gasteiger partial charge < -0.3 is 15.0 Å². The Bertz CT molecular complexity index is 904. The van der Waals surface area contributed by atoms with Crippen LogP contribution in [0.15, 0.2) is 67.0 Å². The quantitative estimate of drug-likeness (QED) is 0.646. The van der Waals surface area contributed by atoms with Crippen LogP contribution in [0.4, 0.5) is 16.0 Å². The Labute approximate surface area is 163 Å². The number of carbonyl (C=O) groups is 1. The molecule has 7 heteroatoms. The van der Waals surface area contributed by atoms with Gasteiger partial charge in [-0.25, -0.2) is 14.4 Å². The smallest absolute Gasteiger partial charge is 0.257 e. The Hall–Kier alpha value is -3.32. The molecule has 0 atom stereocenters. The van der Waals surface area contributed by atoms with Gasteiger partial charge in [0.05, 0.1) is 12.2 Å². The zero-order valence-electron chi connectivity index (χ0n) is 15.5. The molecule has 0 fully saturated rings. The molecule has 6 nitrogen and oxygen atoms in total. The number of nitrogens with one attached hydrogen (secondary N) is 1. The summed E-state index contributed by atoms with van der Waals surface area (Å²) in [6.45, 7) is 0.807. The lowest BCUT2D eigenvalue weighted by Gasteiger charge is -2.22. The number of nitrogens with zero attached hydrogens (tertiary/aromatic N) is 3. The molecule has 0 radical (unpaired) electrons. The van der Waals surface area contributed by atoms with Gasteiger partial charge in [0.25, 0.3) is 5.91 Å². The lowest BCUT2D eigenvalue weighted by atomic mass is 10.2. The van der Waals surface area contributed by atoms with E-state index >= 15 is 0 Å². The van der Waals surface area contributed by atoms with Crippen molar-refractivity contribution in [2.75, 3.05) is 25.6 Å². The summed E-state index contributed by atoms with van der Waals surface area (Å²) in [7, 11) is 1.55. The Morgan fingerprint density at radius 1 is 1.07 bits per heavy atom. The zero-order chi connectivity index (χ0) is 19.8. The number of methoxy groups -OCH3 is 1. The summed E-state index contributed by atoms with van der Waals surface area (Å²) in [5, 5.41) is 3.06. The first-order chi connectivity index (χ1) is 13.7. The highest BCUT2D eigenvalue weighted by atomic mass is 19.1. The highest BCUT2D eigenvalue weighted by molar-refractivity contribution is 5.93. The van der Waals surface area contributed by atoms with E-state index in [0.29, 0.717) is 30.2 Å². The van der Waals surface area contributed by atoms with Crippen LogP contribution >= 0.6 is 0 Å². The van der Waals surface area contributed by atoms with Crippen molar-refractivity contribution in [3.8, 4) is 0 Å². The number of hydrogen-bond donors (Lipinski definition) is 1. The number of carbonyl (C=O) groups excluding carboxylic acids is 1. The fourth-order valence-electron chi connectivity index (χ4n) is 2.62. The number of anilines is 2. The van der Waals surface area contributed by atoms with Gasteiger partial charge in [-0.1, -0.05) is 36.4 Å². The Morgan fingerprint density at radius 2 is 1.75 bits per heavy atom. The summed E-state index contributed by atoms with van der Waals surface area (Å²) in [4.78, 5) is 22.8. The number of hydrogen-bond acceptors (Lipinski definition) is 5. The average molecular weight is 380 g/mol. The Kier molecular flexibility index (Phi) is 6.64. The van der Waals surface area contributed by atoms with E-state index in [-0.39, 0.29) is 18.3 Å². The first-order valence-corrected chi connectivity index (χ1v) is 8.83. The lowest BCUT2D eigenvalue weighted by Crippen LogP contribution is -2.34. The van der Waals surface area contributed by atoms with Crippen LogP contribution in [0.25, 0.3) is 0 Å². The topological polar surface area (TPSA) is 67.3 Å². The van der Waals surface area contributed by atoms with E-state index in [4.69, 9.17) is 4.74 Å². The summed E-state index contributed by atoms with van der Waals surface area (Å²) in [5.41, 5.74) is 1.61. The fraction of sp³-hybridized carbons (Fsp3) is 0.190. The number of benzene rings is 2. The second kappa shape index (κ2) is 9.57.